The van der Waals surface area contributed by atoms with Crippen molar-refractivity contribution in [2.45, 2.75) is 25.4 Å². The number of hydrogen-bond acceptors (Lipinski definition) is 4. The monoisotopic (exact) mass is 254 g/mol. The quantitative estimate of drug-likeness (QED) is 0.810. The first-order valence-electron chi connectivity index (χ1n) is 6.05. The number of hydrogen-bond donors (Lipinski definition) is 2. The Labute approximate surface area is 106 Å². The zero-order chi connectivity index (χ0) is 13.2. The van der Waals surface area contributed by atoms with Gasteiger partial charge in [0.25, 0.3) is 0 Å². The van der Waals surface area contributed by atoms with Crippen molar-refractivity contribution in [3.63, 3.8) is 0 Å². The van der Waals surface area contributed by atoms with E-state index in [2.05, 4.69) is 5.32 Å². The van der Waals surface area contributed by atoms with Crippen LogP contribution in [-0.2, 0) is 4.74 Å². The first-order valence-corrected chi connectivity index (χ1v) is 6.05. The molecule has 1 unspecified atom stereocenters. The fourth-order valence-electron chi connectivity index (χ4n) is 2.14. The number of nitrogens with one attached hydrogen (secondary N) is 1. The number of benzene rings is 1. The van der Waals surface area contributed by atoms with E-state index in [-0.39, 0.29) is 11.4 Å². The molecule has 1 aliphatic rings. The van der Waals surface area contributed by atoms with Gasteiger partial charge in [0.1, 0.15) is 11.6 Å². The Balaban J connectivity index is 2.09. The summed E-state index contributed by atoms with van der Waals surface area (Å²) in [6.45, 7) is 3.36. The average Bonchev–Trinajstić information content (AvgIpc) is 2.76. The summed E-state index contributed by atoms with van der Waals surface area (Å²) in [5.41, 5.74) is 6.09. The van der Waals surface area contributed by atoms with Crippen molar-refractivity contribution in [3.05, 3.63) is 17.9 Å². The Morgan fingerprint density at radius 1 is 1.56 bits per heavy atom. The summed E-state index contributed by atoms with van der Waals surface area (Å²) in [7, 11) is 1.51. The topological polar surface area (TPSA) is 56.5 Å². The number of nitrogen functional groups attached to an aromatic ring is 1. The molecule has 1 aromatic carbocycles. The third kappa shape index (κ3) is 2.67. The molecule has 4 nitrogen and oxygen atoms in total. The lowest BCUT2D eigenvalue weighted by Gasteiger charge is -2.24. The molecule has 0 radical (unpaired) electrons. The van der Waals surface area contributed by atoms with Crippen molar-refractivity contribution in [3.8, 4) is 5.75 Å². The van der Waals surface area contributed by atoms with Crippen molar-refractivity contribution in [1.29, 1.82) is 0 Å². The van der Waals surface area contributed by atoms with E-state index in [4.69, 9.17) is 15.2 Å². The number of nitrogens with two attached hydrogens (primary N) is 1. The predicted molar refractivity (Wildman–Crippen MR) is 69.4 cm³/mol. The van der Waals surface area contributed by atoms with Gasteiger partial charge in [0.05, 0.1) is 24.1 Å². The SMILES string of the molecule is COc1cc(NCC2(C)CCCO2)c(F)cc1N. The van der Waals surface area contributed by atoms with Gasteiger partial charge in [0.2, 0.25) is 0 Å². The smallest absolute Gasteiger partial charge is 0.148 e. The van der Waals surface area contributed by atoms with Gasteiger partial charge in [-0.25, -0.2) is 4.39 Å². The molecule has 100 valence electrons. The van der Waals surface area contributed by atoms with Gasteiger partial charge < -0.3 is 20.5 Å². The summed E-state index contributed by atoms with van der Waals surface area (Å²) in [6, 6.07) is 2.84. The van der Waals surface area contributed by atoms with Crippen LogP contribution in [0.2, 0.25) is 0 Å². The number of anilines is 2. The van der Waals surface area contributed by atoms with Gasteiger partial charge in [-0.3, -0.25) is 0 Å². The third-order valence-electron chi connectivity index (χ3n) is 3.27. The van der Waals surface area contributed by atoms with Crippen LogP contribution in [0.25, 0.3) is 0 Å². The normalized spacial score (nSPS) is 23.1. The maximum Gasteiger partial charge on any atom is 0.148 e. The van der Waals surface area contributed by atoms with E-state index in [1.54, 1.807) is 6.07 Å². The number of ether oxygens (including phenoxy) is 2. The molecular weight excluding hydrogens is 235 g/mol. The fourth-order valence-corrected chi connectivity index (χ4v) is 2.14. The molecule has 1 fully saturated rings. The molecular formula is C13H19FN2O2. The largest absolute Gasteiger partial charge is 0.495 e. The summed E-state index contributed by atoms with van der Waals surface area (Å²) in [6.07, 6.45) is 2.03. The molecule has 1 heterocycles. The van der Waals surface area contributed by atoms with Crippen molar-refractivity contribution < 1.29 is 13.9 Å². The first-order chi connectivity index (χ1) is 8.54. The Morgan fingerprint density at radius 3 is 2.94 bits per heavy atom. The van der Waals surface area contributed by atoms with E-state index in [0.29, 0.717) is 23.7 Å². The minimum absolute atomic E-state index is 0.221. The lowest BCUT2D eigenvalue weighted by Crippen LogP contribution is -2.32. The van der Waals surface area contributed by atoms with Gasteiger partial charge in [-0.2, -0.15) is 0 Å². The van der Waals surface area contributed by atoms with Crippen LogP contribution in [0.4, 0.5) is 15.8 Å². The Morgan fingerprint density at radius 2 is 2.33 bits per heavy atom. The van der Waals surface area contributed by atoms with Crippen molar-refractivity contribution >= 4 is 11.4 Å². The second-order valence-corrected chi connectivity index (χ2v) is 4.83. The maximum absolute atomic E-state index is 13.7. The average molecular weight is 254 g/mol. The standard InChI is InChI=1S/C13H19FN2O2/c1-13(4-3-5-18-13)8-16-11-7-12(17-2)10(15)6-9(11)14/h6-7,16H,3-5,8,15H2,1-2H3. The number of rotatable bonds is 4. The number of methoxy groups -OCH3 is 1. The highest BCUT2D eigenvalue weighted by atomic mass is 19.1. The van der Waals surface area contributed by atoms with Crippen LogP contribution in [0, 0.1) is 5.82 Å². The van der Waals surface area contributed by atoms with Gasteiger partial charge in [-0.1, -0.05) is 0 Å². The third-order valence-corrected chi connectivity index (χ3v) is 3.27. The predicted octanol–water partition coefficient (Wildman–Crippen LogP) is 2.40. The van der Waals surface area contributed by atoms with Crippen LogP contribution in [0.5, 0.6) is 5.75 Å². The molecule has 0 aromatic heterocycles. The highest BCUT2D eigenvalue weighted by molar-refractivity contribution is 5.62. The van der Waals surface area contributed by atoms with Gasteiger partial charge in [-0.15, -0.1) is 0 Å². The van der Waals surface area contributed by atoms with E-state index in [0.717, 1.165) is 19.4 Å². The molecule has 0 saturated carbocycles. The van der Waals surface area contributed by atoms with Crippen molar-refractivity contribution in [1.82, 2.24) is 0 Å². The molecule has 1 aliphatic heterocycles. The lowest BCUT2D eigenvalue weighted by molar-refractivity contribution is 0.0315. The van der Waals surface area contributed by atoms with Crippen LogP contribution in [-0.4, -0.2) is 25.9 Å². The van der Waals surface area contributed by atoms with E-state index < -0.39 is 0 Å². The second-order valence-electron chi connectivity index (χ2n) is 4.83. The molecule has 0 aliphatic carbocycles. The number of halogens is 1. The second kappa shape index (κ2) is 5.02. The zero-order valence-electron chi connectivity index (χ0n) is 10.8. The van der Waals surface area contributed by atoms with E-state index in [1.807, 2.05) is 6.92 Å². The summed E-state index contributed by atoms with van der Waals surface area (Å²) in [5.74, 6) is 0.0892. The van der Waals surface area contributed by atoms with Gasteiger partial charge in [-0.05, 0) is 19.8 Å². The van der Waals surface area contributed by atoms with Crippen LogP contribution in [0.15, 0.2) is 12.1 Å². The maximum atomic E-state index is 13.7. The fraction of sp³-hybridized carbons (Fsp3) is 0.538. The molecule has 0 spiro atoms. The van der Waals surface area contributed by atoms with Crippen LogP contribution < -0.4 is 15.8 Å². The minimum Gasteiger partial charge on any atom is -0.495 e. The van der Waals surface area contributed by atoms with E-state index >= 15 is 0 Å². The molecule has 1 atom stereocenters. The Hall–Kier alpha value is -1.49. The van der Waals surface area contributed by atoms with Crippen molar-refractivity contribution in [2.24, 2.45) is 0 Å². The first kappa shape index (κ1) is 13.0. The summed E-state index contributed by atoms with van der Waals surface area (Å²) in [4.78, 5) is 0. The molecule has 0 bridgehead atoms. The van der Waals surface area contributed by atoms with E-state index in [1.165, 1.54) is 13.2 Å². The van der Waals surface area contributed by atoms with Gasteiger partial charge in [0.15, 0.2) is 0 Å². The van der Waals surface area contributed by atoms with Gasteiger partial charge in [0, 0.05) is 25.3 Å². The van der Waals surface area contributed by atoms with Crippen LogP contribution >= 0.6 is 0 Å². The highest BCUT2D eigenvalue weighted by Gasteiger charge is 2.29. The van der Waals surface area contributed by atoms with Crippen LogP contribution in [0.3, 0.4) is 0 Å². The molecule has 3 N–H and O–H groups in total. The Kier molecular flexibility index (Phi) is 3.61. The van der Waals surface area contributed by atoms with Crippen molar-refractivity contribution in [2.75, 3.05) is 31.3 Å². The molecule has 1 saturated heterocycles. The molecule has 18 heavy (non-hydrogen) atoms. The molecule has 0 amide bonds. The molecule has 2 rings (SSSR count). The lowest BCUT2D eigenvalue weighted by atomic mass is 10.0. The Bertz CT molecular complexity index is 431. The summed E-state index contributed by atoms with van der Waals surface area (Å²) < 4.78 is 24.4. The zero-order valence-corrected chi connectivity index (χ0v) is 10.8. The molecule has 1 aromatic rings. The van der Waals surface area contributed by atoms with Crippen LogP contribution in [0.1, 0.15) is 19.8 Å². The van der Waals surface area contributed by atoms with Gasteiger partial charge >= 0.3 is 0 Å². The summed E-state index contributed by atoms with van der Waals surface area (Å²) >= 11 is 0. The van der Waals surface area contributed by atoms with E-state index in [9.17, 15) is 4.39 Å². The summed E-state index contributed by atoms with van der Waals surface area (Å²) in [5, 5.41) is 3.06. The highest BCUT2D eigenvalue weighted by Crippen LogP contribution is 2.30. The molecule has 5 heteroatoms. The minimum atomic E-state index is -0.380.